The quantitative estimate of drug-likeness (QED) is 0.789. The van der Waals surface area contributed by atoms with Gasteiger partial charge in [-0.2, -0.15) is 5.10 Å². The molecule has 0 saturated carbocycles. The van der Waals surface area contributed by atoms with Crippen molar-refractivity contribution in [2.75, 3.05) is 0 Å². The Morgan fingerprint density at radius 1 is 1.41 bits per heavy atom. The van der Waals surface area contributed by atoms with E-state index in [2.05, 4.69) is 37.0 Å². The lowest BCUT2D eigenvalue weighted by molar-refractivity contribution is 0.0983. The molecule has 1 heterocycles. The number of rotatable bonds is 3. The van der Waals surface area contributed by atoms with Crippen LogP contribution in [0.4, 0.5) is 0 Å². The highest BCUT2D eigenvalue weighted by Gasteiger charge is 2.15. The van der Waals surface area contributed by atoms with Gasteiger partial charge in [0.15, 0.2) is 5.78 Å². The van der Waals surface area contributed by atoms with Gasteiger partial charge in [0.1, 0.15) is 5.69 Å². The molecule has 0 fully saturated rings. The van der Waals surface area contributed by atoms with Crippen molar-refractivity contribution in [3.05, 3.63) is 50.7 Å². The van der Waals surface area contributed by atoms with E-state index in [-0.39, 0.29) is 5.78 Å². The summed E-state index contributed by atoms with van der Waals surface area (Å²) < 4.78 is 3.30. The normalized spacial score (nSPS) is 10.5. The summed E-state index contributed by atoms with van der Waals surface area (Å²) in [5, 5.41) is 4.04. The number of hydrogen-bond acceptors (Lipinski definition) is 2. The van der Waals surface area contributed by atoms with E-state index < -0.39 is 0 Å². The summed E-state index contributed by atoms with van der Waals surface area (Å²) in [7, 11) is 1.76. The predicted octanol–water partition coefficient (Wildman–Crippen LogP) is 3.37. The molecule has 2 aromatic rings. The van der Waals surface area contributed by atoms with Gasteiger partial charge in [-0.25, -0.2) is 0 Å². The number of aromatic nitrogens is 2. The Morgan fingerprint density at radius 3 is 2.76 bits per heavy atom. The van der Waals surface area contributed by atoms with Crippen LogP contribution >= 0.6 is 31.9 Å². The average molecular weight is 358 g/mol. The number of carbonyl (C=O) groups excluding carboxylic acids is 1. The van der Waals surface area contributed by atoms with Gasteiger partial charge in [-0.3, -0.25) is 9.48 Å². The van der Waals surface area contributed by atoms with E-state index in [9.17, 15) is 4.79 Å². The Balaban J connectivity index is 2.23. The van der Waals surface area contributed by atoms with Crippen molar-refractivity contribution in [1.82, 2.24) is 9.78 Å². The molecule has 0 amide bonds. The van der Waals surface area contributed by atoms with Gasteiger partial charge in [-0.05, 0) is 33.6 Å². The maximum Gasteiger partial charge on any atom is 0.186 e. The van der Waals surface area contributed by atoms with E-state index in [1.165, 1.54) is 0 Å². The number of ketones is 1. The standard InChI is InChI=1S/C12H10Br2N2O/c1-16-12(10(14)7-15-16)11(17)6-8-3-2-4-9(13)5-8/h2-5,7H,6H2,1H3. The maximum atomic E-state index is 12.1. The zero-order valence-corrected chi connectivity index (χ0v) is 12.3. The number of halogens is 2. The lowest BCUT2D eigenvalue weighted by atomic mass is 10.1. The molecule has 0 aliphatic heterocycles. The van der Waals surface area contributed by atoms with Crippen molar-refractivity contribution in [2.24, 2.45) is 7.05 Å². The molecule has 0 saturated heterocycles. The molecule has 0 unspecified atom stereocenters. The first-order valence-electron chi connectivity index (χ1n) is 5.03. The molecule has 17 heavy (non-hydrogen) atoms. The minimum absolute atomic E-state index is 0.0509. The summed E-state index contributed by atoms with van der Waals surface area (Å²) in [6.45, 7) is 0. The average Bonchev–Trinajstić information content (AvgIpc) is 2.58. The van der Waals surface area contributed by atoms with Gasteiger partial charge in [-0.1, -0.05) is 28.1 Å². The lowest BCUT2D eigenvalue weighted by Gasteiger charge is -2.03. The second-order valence-corrected chi connectivity index (χ2v) is 5.46. The van der Waals surface area contributed by atoms with E-state index in [1.54, 1.807) is 17.9 Å². The summed E-state index contributed by atoms with van der Waals surface area (Å²) in [4.78, 5) is 12.1. The maximum absolute atomic E-state index is 12.1. The van der Waals surface area contributed by atoms with E-state index in [0.29, 0.717) is 12.1 Å². The van der Waals surface area contributed by atoms with E-state index >= 15 is 0 Å². The lowest BCUT2D eigenvalue weighted by Crippen LogP contribution is -2.10. The van der Waals surface area contributed by atoms with Crippen molar-refractivity contribution in [3.8, 4) is 0 Å². The highest BCUT2D eigenvalue weighted by Crippen LogP contribution is 2.18. The summed E-state index contributed by atoms with van der Waals surface area (Å²) in [6, 6.07) is 7.74. The van der Waals surface area contributed by atoms with Gasteiger partial charge < -0.3 is 0 Å². The van der Waals surface area contributed by atoms with Crippen molar-refractivity contribution in [1.29, 1.82) is 0 Å². The molecule has 0 radical (unpaired) electrons. The summed E-state index contributed by atoms with van der Waals surface area (Å²) in [5.74, 6) is 0.0509. The summed E-state index contributed by atoms with van der Waals surface area (Å²) in [6.07, 6.45) is 2.01. The Morgan fingerprint density at radius 2 is 2.18 bits per heavy atom. The van der Waals surface area contributed by atoms with Crippen LogP contribution in [-0.2, 0) is 13.5 Å². The molecule has 0 aliphatic rings. The third-order valence-electron chi connectivity index (χ3n) is 2.41. The highest BCUT2D eigenvalue weighted by molar-refractivity contribution is 9.10. The molecule has 3 nitrogen and oxygen atoms in total. The van der Waals surface area contributed by atoms with Crippen LogP contribution in [0.5, 0.6) is 0 Å². The number of aryl methyl sites for hydroxylation is 1. The van der Waals surface area contributed by atoms with Crippen molar-refractivity contribution >= 4 is 37.6 Å². The van der Waals surface area contributed by atoms with Crippen molar-refractivity contribution in [3.63, 3.8) is 0 Å². The molecule has 88 valence electrons. The molecule has 0 N–H and O–H groups in total. The molecule has 1 aromatic carbocycles. The third kappa shape index (κ3) is 2.84. The molecular weight excluding hydrogens is 348 g/mol. The van der Waals surface area contributed by atoms with Crippen LogP contribution in [-0.4, -0.2) is 15.6 Å². The van der Waals surface area contributed by atoms with Crippen LogP contribution in [0.3, 0.4) is 0 Å². The smallest absolute Gasteiger partial charge is 0.186 e. The molecule has 0 aliphatic carbocycles. The van der Waals surface area contributed by atoms with Crippen LogP contribution in [0.2, 0.25) is 0 Å². The fourth-order valence-corrected chi connectivity index (χ4v) is 2.66. The SMILES string of the molecule is Cn1ncc(Br)c1C(=O)Cc1cccc(Br)c1. The fourth-order valence-electron chi connectivity index (χ4n) is 1.64. The molecule has 0 bridgehead atoms. The highest BCUT2D eigenvalue weighted by atomic mass is 79.9. The first-order valence-corrected chi connectivity index (χ1v) is 6.61. The largest absolute Gasteiger partial charge is 0.292 e. The van der Waals surface area contributed by atoms with Gasteiger partial charge in [0.2, 0.25) is 0 Å². The molecule has 1 aromatic heterocycles. The van der Waals surface area contributed by atoms with Gasteiger partial charge >= 0.3 is 0 Å². The Hall–Kier alpha value is -0.940. The predicted molar refractivity (Wildman–Crippen MR) is 73.1 cm³/mol. The molecule has 5 heteroatoms. The molecular formula is C12H10Br2N2O. The van der Waals surface area contributed by atoms with Crippen LogP contribution < -0.4 is 0 Å². The van der Waals surface area contributed by atoms with Gasteiger partial charge in [-0.15, -0.1) is 0 Å². The summed E-state index contributed by atoms with van der Waals surface area (Å²) in [5.41, 5.74) is 1.59. The second kappa shape index (κ2) is 5.14. The van der Waals surface area contributed by atoms with E-state index in [4.69, 9.17) is 0 Å². The minimum atomic E-state index is 0.0509. The third-order valence-corrected chi connectivity index (χ3v) is 3.49. The van der Waals surface area contributed by atoms with Crippen LogP contribution in [0, 0.1) is 0 Å². The van der Waals surface area contributed by atoms with E-state index in [1.807, 2.05) is 24.3 Å². The van der Waals surface area contributed by atoms with Crippen LogP contribution in [0.25, 0.3) is 0 Å². The van der Waals surface area contributed by atoms with Gasteiger partial charge in [0, 0.05) is 17.9 Å². The van der Waals surface area contributed by atoms with Crippen molar-refractivity contribution in [2.45, 2.75) is 6.42 Å². The zero-order chi connectivity index (χ0) is 12.4. The Labute approximate surface area is 116 Å². The zero-order valence-electron chi connectivity index (χ0n) is 9.15. The summed E-state index contributed by atoms with van der Waals surface area (Å²) >= 11 is 6.72. The topological polar surface area (TPSA) is 34.9 Å². The number of nitrogens with zero attached hydrogens (tertiary/aromatic N) is 2. The number of hydrogen-bond donors (Lipinski definition) is 0. The Kier molecular flexibility index (Phi) is 3.79. The number of Topliss-reactive ketones (excluding diaryl/α,β-unsaturated/α-hetero) is 1. The van der Waals surface area contributed by atoms with Gasteiger partial charge in [0.05, 0.1) is 10.7 Å². The molecule has 0 spiro atoms. The first kappa shape index (κ1) is 12.5. The Bertz CT molecular complexity index is 544. The second-order valence-electron chi connectivity index (χ2n) is 3.69. The van der Waals surface area contributed by atoms with Crippen LogP contribution in [0.1, 0.15) is 16.1 Å². The minimum Gasteiger partial charge on any atom is -0.292 e. The van der Waals surface area contributed by atoms with Crippen molar-refractivity contribution < 1.29 is 4.79 Å². The number of benzene rings is 1. The van der Waals surface area contributed by atoms with E-state index in [0.717, 1.165) is 14.5 Å². The molecule has 2 rings (SSSR count). The fraction of sp³-hybridized carbons (Fsp3) is 0.167. The van der Waals surface area contributed by atoms with Crippen LogP contribution in [0.15, 0.2) is 39.4 Å². The van der Waals surface area contributed by atoms with Gasteiger partial charge in [0.25, 0.3) is 0 Å². The monoisotopic (exact) mass is 356 g/mol. The number of carbonyl (C=O) groups is 1. The molecule has 0 atom stereocenters. The first-order chi connectivity index (χ1) is 8.08.